The van der Waals surface area contributed by atoms with E-state index < -0.39 is 21.8 Å². The molecule has 3 amide bonds. The first kappa shape index (κ1) is 30.3. The van der Waals surface area contributed by atoms with E-state index in [1.54, 1.807) is 60.7 Å². The number of aryl methyl sites for hydroxylation is 1. The highest BCUT2D eigenvalue weighted by atomic mass is 32.2. The van der Waals surface area contributed by atoms with E-state index >= 15 is 0 Å². The molecule has 11 heteroatoms. The number of carbonyl (C=O) groups excluding carboxylic acids is 3. The second-order valence-corrected chi connectivity index (χ2v) is 11.8. The molecule has 0 heterocycles. The summed E-state index contributed by atoms with van der Waals surface area (Å²) in [4.78, 5) is 39.3. The number of nitrogens with two attached hydrogens (primary N) is 1. The van der Waals surface area contributed by atoms with Gasteiger partial charge in [0.2, 0.25) is 15.9 Å². The number of benzene rings is 4. The fourth-order valence-electron chi connectivity index (χ4n) is 3.80. The lowest BCUT2D eigenvalue weighted by Gasteiger charge is -2.12. The fourth-order valence-corrected chi connectivity index (χ4v) is 5.08. The summed E-state index contributed by atoms with van der Waals surface area (Å²) in [7, 11) is -3.82. The minimum atomic E-state index is -3.82. The number of hydrogen-bond acceptors (Lipinski definition) is 6. The summed E-state index contributed by atoms with van der Waals surface area (Å²) < 4.78 is 22.8. The van der Waals surface area contributed by atoms with Crippen LogP contribution in [0, 0.1) is 6.92 Å². The summed E-state index contributed by atoms with van der Waals surface area (Å²) in [5.74, 6) is -1.16. The average molecular weight is 601 g/mol. The van der Waals surface area contributed by atoms with Gasteiger partial charge in [-0.2, -0.15) is 0 Å². The number of sulfonamides is 1. The van der Waals surface area contributed by atoms with Gasteiger partial charge in [-0.1, -0.05) is 54.1 Å². The van der Waals surface area contributed by atoms with Crippen molar-refractivity contribution in [3.8, 4) is 0 Å². The molecule has 4 aromatic carbocycles. The molecule has 0 aromatic heterocycles. The predicted octanol–water partition coefficient (Wildman–Crippen LogP) is 4.78. The maximum absolute atomic E-state index is 13.3. The second-order valence-electron chi connectivity index (χ2n) is 9.18. The summed E-state index contributed by atoms with van der Waals surface area (Å²) >= 11 is 1.25. The second kappa shape index (κ2) is 13.8. The van der Waals surface area contributed by atoms with Crippen molar-refractivity contribution in [3.05, 3.63) is 126 Å². The molecule has 0 unspecified atom stereocenters. The Kier molecular flexibility index (Phi) is 9.92. The third-order valence-electron chi connectivity index (χ3n) is 5.81. The summed E-state index contributed by atoms with van der Waals surface area (Å²) in [5.41, 5.74) is 3.15. The third kappa shape index (κ3) is 8.90. The maximum Gasteiger partial charge on any atom is 0.272 e. The van der Waals surface area contributed by atoms with Crippen molar-refractivity contribution in [1.29, 1.82) is 0 Å². The normalized spacial score (nSPS) is 11.4. The molecule has 0 radical (unpaired) electrons. The topological polar surface area (TPSA) is 147 Å². The first-order chi connectivity index (χ1) is 20.1. The molecule has 0 saturated heterocycles. The standard InChI is InChI=1S/C31H28N4O5S2/c1-21-7-5-8-22(17-21)18-28(35-30(37)23-9-3-2-4-10-23)31(38)34-25-11-6-12-26(19-25)41-20-29(36)33-24-13-15-27(16-14-24)42(32,39)40/h2-19H,20H2,1H3,(H,33,36)(H,34,38)(H,35,37)(H2,32,39,40)/b28-18+. The average Bonchev–Trinajstić information content (AvgIpc) is 2.96. The number of primary sulfonamides is 1. The van der Waals surface area contributed by atoms with E-state index in [0.29, 0.717) is 16.9 Å². The number of thioether (sulfide) groups is 1. The van der Waals surface area contributed by atoms with E-state index in [1.165, 1.54) is 36.0 Å². The lowest BCUT2D eigenvalue weighted by atomic mass is 10.1. The van der Waals surface area contributed by atoms with Gasteiger partial charge in [0.15, 0.2) is 0 Å². The molecule has 214 valence electrons. The minimum Gasteiger partial charge on any atom is -0.325 e. The van der Waals surface area contributed by atoms with Crippen LogP contribution in [0.5, 0.6) is 0 Å². The van der Waals surface area contributed by atoms with Gasteiger partial charge in [0.1, 0.15) is 5.70 Å². The number of anilines is 2. The van der Waals surface area contributed by atoms with Crippen molar-refractivity contribution in [2.75, 3.05) is 16.4 Å². The molecule has 5 N–H and O–H groups in total. The Morgan fingerprint density at radius 3 is 2.21 bits per heavy atom. The molecule has 4 rings (SSSR count). The van der Waals surface area contributed by atoms with Crippen molar-refractivity contribution in [3.63, 3.8) is 0 Å². The summed E-state index contributed by atoms with van der Waals surface area (Å²) in [6.45, 7) is 1.94. The van der Waals surface area contributed by atoms with Gasteiger partial charge in [-0.25, -0.2) is 13.6 Å². The van der Waals surface area contributed by atoms with Crippen LogP contribution in [0.3, 0.4) is 0 Å². The first-order valence-corrected chi connectivity index (χ1v) is 15.2. The van der Waals surface area contributed by atoms with E-state index in [9.17, 15) is 22.8 Å². The Morgan fingerprint density at radius 2 is 1.52 bits per heavy atom. The molecule has 0 saturated carbocycles. The van der Waals surface area contributed by atoms with Gasteiger partial charge < -0.3 is 16.0 Å². The zero-order chi connectivity index (χ0) is 30.1. The summed E-state index contributed by atoms with van der Waals surface area (Å²) in [5, 5.41) is 13.3. The van der Waals surface area contributed by atoms with Crippen LogP contribution < -0.4 is 21.1 Å². The first-order valence-electron chi connectivity index (χ1n) is 12.7. The van der Waals surface area contributed by atoms with E-state index in [2.05, 4.69) is 16.0 Å². The highest BCUT2D eigenvalue weighted by molar-refractivity contribution is 8.00. The van der Waals surface area contributed by atoms with E-state index in [0.717, 1.165) is 16.0 Å². The van der Waals surface area contributed by atoms with Crippen molar-refractivity contribution in [2.24, 2.45) is 5.14 Å². The van der Waals surface area contributed by atoms with Crippen LogP contribution in [-0.4, -0.2) is 31.9 Å². The highest BCUT2D eigenvalue weighted by Gasteiger charge is 2.16. The molecule has 0 aliphatic rings. The van der Waals surface area contributed by atoms with Crippen molar-refractivity contribution >= 4 is 57.0 Å². The van der Waals surface area contributed by atoms with Gasteiger partial charge in [0, 0.05) is 21.8 Å². The smallest absolute Gasteiger partial charge is 0.272 e. The van der Waals surface area contributed by atoms with Gasteiger partial charge in [0.05, 0.1) is 10.6 Å². The van der Waals surface area contributed by atoms with Crippen LogP contribution in [-0.2, 0) is 19.6 Å². The van der Waals surface area contributed by atoms with Crippen molar-refractivity contribution in [1.82, 2.24) is 5.32 Å². The van der Waals surface area contributed by atoms with E-state index in [-0.39, 0.29) is 22.3 Å². The number of nitrogens with one attached hydrogen (secondary N) is 3. The summed E-state index contributed by atoms with van der Waals surface area (Å²) in [6.07, 6.45) is 1.61. The zero-order valence-electron chi connectivity index (χ0n) is 22.5. The molecule has 0 atom stereocenters. The quantitative estimate of drug-likeness (QED) is 0.152. The Hall–Kier alpha value is -4.71. The molecule has 4 aromatic rings. The molecule has 0 spiro atoms. The Morgan fingerprint density at radius 1 is 0.810 bits per heavy atom. The Bertz CT molecular complexity index is 1740. The van der Waals surface area contributed by atoms with Gasteiger partial charge >= 0.3 is 0 Å². The maximum atomic E-state index is 13.3. The third-order valence-corrected chi connectivity index (χ3v) is 7.73. The van der Waals surface area contributed by atoms with Gasteiger partial charge in [-0.3, -0.25) is 14.4 Å². The molecular formula is C31H28N4O5S2. The van der Waals surface area contributed by atoms with Crippen LogP contribution in [0.2, 0.25) is 0 Å². The van der Waals surface area contributed by atoms with Gasteiger partial charge in [-0.15, -0.1) is 11.8 Å². The fraction of sp³-hybridized carbons (Fsp3) is 0.0645. The lowest BCUT2D eigenvalue weighted by molar-refractivity contribution is -0.114. The Balaban J connectivity index is 1.42. The van der Waals surface area contributed by atoms with Crippen LogP contribution in [0.15, 0.2) is 119 Å². The van der Waals surface area contributed by atoms with E-state index in [1.807, 2.05) is 31.2 Å². The van der Waals surface area contributed by atoms with Gasteiger partial charge in [0.25, 0.3) is 11.8 Å². The molecule has 0 aliphatic carbocycles. The van der Waals surface area contributed by atoms with Crippen molar-refractivity contribution < 1.29 is 22.8 Å². The monoisotopic (exact) mass is 600 g/mol. The number of amides is 3. The Labute approximate surface area is 248 Å². The molecule has 0 bridgehead atoms. The summed E-state index contributed by atoms with van der Waals surface area (Å²) in [6, 6.07) is 28.7. The molecule has 0 aliphatic heterocycles. The van der Waals surface area contributed by atoms with E-state index in [4.69, 9.17) is 5.14 Å². The van der Waals surface area contributed by atoms with Crippen LogP contribution in [0.25, 0.3) is 6.08 Å². The molecular weight excluding hydrogens is 572 g/mol. The minimum absolute atomic E-state index is 0.0507. The number of hydrogen-bond donors (Lipinski definition) is 4. The van der Waals surface area contributed by atoms with Gasteiger partial charge in [-0.05, 0) is 73.2 Å². The lowest BCUT2D eigenvalue weighted by Crippen LogP contribution is -2.30. The highest BCUT2D eigenvalue weighted by Crippen LogP contribution is 2.23. The molecule has 0 fully saturated rings. The van der Waals surface area contributed by atoms with Crippen LogP contribution >= 0.6 is 11.8 Å². The predicted molar refractivity (Wildman–Crippen MR) is 165 cm³/mol. The van der Waals surface area contributed by atoms with Crippen LogP contribution in [0.1, 0.15) is 21.5 Å². The number of rotatable bonds is 10. The number of carbonyl (C=O) groups is 3. The molecule has 42 heavy (non-hydrogen) atoms. The van der Waals surface area contributed by atoms with Crippen LogP contribution in [0.4, 0.5) is 11.4 Å². The molecule has 9 nitrogen and oxygen atoms in total. The zero-order valence-corrected chi connectivity index (χ0v) is 24.2. The SMILES string of the molecule is Cc1cccc(/C=C(/NC(=O)c2ccccc2)C(=O)Nc2cccc(SCC(=O)Nc3ccc(S(N)(=O)=O)cc3)c2)c1. The largest absolute Gasteiger partial charge is 0.325 e. The van der Waals surface area contributed by atoms with Crippen molar-refractivity contribution in [2.45, 2.75) is 16.7 Å².